The van der Waals surface area contributed by atoms with Crippen LogP contribution in [0.4, 0.5) is 5.69 Å². The Balaban J connectivity index is 2.61. The molecular weight excluding hydrogens is 234 g/mol. The summed E-state index contributed by atoms with van der Waals surface area (Å²) < 4.78 is 0. The highest BCUT2D eigenvalue weighted by Gasteiger charge is 2.14. The molecule has 0 aliphatic heterocycles. The summed E-state index contributed by atoms with van der Waals surface area (Å²) in [6, 6.07) is 4.26. The highest BCUT2D eigenvalue weighted by atomic mass is 15.1. The summed E-state index contributed by atoms with van der Waals surface area (Å²) in [5.74, 6) is 0.673. The van der Waals surface area contributed by atoms with Gasteiger partial charge in [0, 0.05) is 32.0 Å². The normalized spacial score (nSPS) is 11.9. The Morgan fingerprint density at radius 2 is 2.00 bits per heavy atom. The fourth-order valence-corrected chi connectivity index (χ4v) is 2.09. The lowest BCUT2D eigenvalue weighted by molar-refractivity contribution is 0.419. The lowest BCUT2D eigenvalue weighted by Crippen LogP contribution is -2.29. The quantitative estimate of drug-likeness (QED) is 0.853. The molecule has 0 aliphatic carbocycles. The van der Waals surface area contributed by atoms with Gasteiger partial charge < -0.3 is 10.2 Å². The van der Waals surface area contributed by atoms with Crippen molar-refractivity contribution in [3.63, 3.8) is 0 Å². The van der Waals surface area contributed by atoms with Crippen LogP contribution in [-0.2, 0) is 6.54 Å². The second-order valence-corrected chi connectivity index (χ2v) is 6.95. The Hall–Kier alpha value is -1.09. The van der Waals surface area contributed by atoms with E-state index in [-0.39, 0.29) is 0 Å². The average molecular weight is 263 g/mol. The third kappa shape index (κ3) is 6.58. The maximum atomic E-state index is 4.43. The molecule has 0 amide bonds. The van der Waals surface area contributed by atoms with Gasteiger partial charge in [0.1, 0.15) is 0 Å². The molecule has 3 nitrogen and oxygen atoms in total. The highest BCUT2D eigenvalue weighted by Crippen LogP contribution is 2.20. The first-order valence-corrected chi connectivity index (χ1v) is 7.15. The van der Waals surface area contributed by atoms with Gasteiger partial charge in [-0.3, -0.25) is 4.98 Å². The molecular formula is C16H29N3. The third-order valence-electron chi connectivity index (χ3n) is 2.81. The number of hydrogen-bond donors (Lipinski definition) is 1. The topological polar surface area (TPSA) is 28.2 Å². The summed E-state index contributed by atoms with van der Waals surface area (Å²) in [4.78, 5) is 6.73. The van der Waals surface area contributed by atoms with Crippen molar-refractivity contribution in [2.75, 3.05) is 25.0 Å². The average Bonchev–Trinajstić information content (AvgIpc) is 2.26. The van der Waals surface area contributed by atoms with Gasteiger partial charge in [-0.2, -0.15) is 0 Å². The van der Waals surface area contributed by atoms with E-state index >= 15 is 0 Å². The number of nitrogens with one attached hydrogen (secondary N) is 1. The Bertz CT molecular complexity index is 380. The van der Waals surface area contributed by atoms with E-state index in [0.29, 0.717) is 11.3 Å². The molecule has 0 unspecified atom stereocenters. The maximum absolute atomic E-state index is 4.43. The summed E-state index contributed by atoms with van der Waals surface area (Å²) in [6.07, 6.45) is 1.90. The molecule has 0 bridgehead atoms. The number of pyridine rings is 1. The van der Waals surface area contributed by atoms with Gasteiger partial charge in [-0.25, -0.2) is 0 Å². The lowest BCUT2D eigenvalue weighted by Gasteiger charge is -2.28. The van der Waals surface area contributed by atoms with Crippen LogP contribution in [0.1, 0.15) is 40.3 Å². The molecule has 1 N–H and O–H groups in total. The zero-order valence-corrected chi connectivity index (χ0v) is 13.3. The summed E-state index contributed by atoms with van der Waals surface area (Å²) in [5, 5.41) is 3.43. The van der Waals surface area contributed by atoms with Crippen molar-refractivity contribution in [3.05, 3.63) is 24.0 Å². The first kappa shape index (κ1) is 16.0. The molecule has 0 atom stereocenters. The van der Waals surface area contributed by atoms with E-state index in [2.05, 4.69) is 69.0 Å². The standard InChI is InChI=1S/C16H29N3/c1-13(2)10-17-11-14-9-15(7-8-18-14)19(6)12-16(3,4)5/h7-9,13,17H,10-12H2,1-6H3. The monoisotopic (exact) mass is 263 g/mol. The minimum atomic E-state index is 0.300. The third-order valence-corrected chi connectivity index (χ3v) is 2.81. The largest absolute Gasteiger partial charge is 0.374 e. The van der Waals surface area contributed by atoms with Gasteiger partial charge in [-0.15, -0.1) is 0 Å². The van der Waals surface area contributed by atoms with Gasteiger partial charge in [-0.1, -0.05) is 34.6 Å². The van der Waals surface area contributed by atoms with Crippen LogP contribution >= 0.6 is 0 Å². The molecule has 0 spiro atoms. The Kier molecular flexibility index (Phi) is 5.80. The van der Waals surface area contributed by atoms with E-state index in [1.807, 2.05) is 6.20 Å². The van der Waals surface area contributed by atoms with Crippen LogP contribution in [0.3, 0.4) is 0 Å². The molecule has 1 aromatic rings. The molecule has 1 rings (SSSR count). The van der Waals surface area contributed by atoms with Crippen molar-refractivity contribution in [2.45, 2.75) is 41.2 Å². The van der Waals surface area contributed by atoms with Crippen LogP contribution in [0.2, 0.25) is 0 Å². The van der Waals surface area contributed by atoms with Crippen molar-refractivity contribution in [3.8, 4) is 0 Å². The first-order valence-electron chi connectivity index (χ1n) is 7.15. The summed E-state index contributed by atoms with van der Waals surface area (Å²) in [5.41, 5.74) is 2.65. The van der Waals surface area contributed by atoms with E-state index in [1.54, 1.807) is 0 Å². The molecule has 108 valence electrons. The summed E-state index contributed by atoms with van der Waals surface area (Å²) >= 11 is 0. The molecule has 0 saturated carbocycles. The van der Waals surface area contributed by atoms with Gasteiger partial charge >= 0.3 is 0 Å². The number of aromatic nitrogens is 1. The van der Waals surface area contributed by atoms with Gasteiger partial charge in [0.25, 0.3) is 0 Å². The van der Waals surface area contributed by atoms with Crippen LogP contribution < -0.4 is 10.2 Å². The number of rotatable bonds is 6. The molecule has 1 aromatic heterocycles. The number of nitrogens with zero attached hydrogens (tertiary/aromatic N) is 2. The molecule has 1 heterocycles. The molecule has 0 aliphatic rings. The minimum Gasteiger partial charge on any atom is -0.374 e. The van der Waals surface area contributed by atoms with Crippen molar-refractivity contribution in [2.24, 2.45) is 11.3 Å². The predicted molar refractivity (Wildman–Crippen MR) is 83.5 cm³/mol. The van der Waals surface area contributed by atoms with Crippen LogP contribution in [0.15, 0.2) is 18.3 Å². The van der Waals surface area contributed by atoms with Crippen molar-refractivity contribution in [1.82, 2.24) is 10.3 Å². The zero-order valence-electron chi connectivity index (χ0n) is 13.3. The molecule has 0 saturated heterocycles. The summed E-state index contributed by atoms with van der Waals surface area (Å²) in [7, 11) is 2.14. The van der Waals surface area contributed by atoms with Crippen LogP contribution in [0, 0.1) is 11.3 Å². The second kappa shape index (κ2) is 6.90. The highest BCUT2D eigenvalue weighted by molar-refractivity contribution is 5.45. The van der Waals surface area contributed by atoms with Crippen molar-refractivity contribution < 1.29 is 0 Å². The van der Waals surface area contributed by atoms with Crippen LogP contribution in [0.25, 0.3) is 0 Å². The van der Waals surface area contributed by atoms with E-state index in [4.69, 9.17) is 0 Å². The maximum Gasteiger partial charge on any atom is 0.0562 e. The van der Waals surface area contributed by atoms with Crippen LogP contribution in [0.5, 0.6) is 0 Å². The molecule has 0 fully saturated rings. The minimum absolute atomic E-state index is 0.300. The van der Waals surface area contributed by atoms with E-state index in [0.717, 1.165) is 25.3 Å². The number of hydrogen-bond acceptors (Lipinski definition) is 3. The predicted octanol–water partition coefficient (Wildman–Crippen LogP) is 3.31. The lowest BCUT2D eigenvalue weighted by atomic mass is 9.96. The number of anilines is 1. The van der Waals surface area contributed by atoms with Gasteiger partial charge in [0.2, 0.25) is 0 Å². The van der Waals surface area contributed by atoms with E-state index in [9.17, 15) is 0 Å². The summed E-state index contributed by atoms with van der Waals surface area (Å²) in [6.45, 7) is 14.1. The van der Waals surface area contributed by atoms with E-state index in [1.165, 1.54) is 5.69 Å². The fraction of sp³-hybridized carbons (Fsp3) is 0.688. The van der Waals surface area contributed by atoms with Gasteiger partial charge in [-0.05, 0) is 30.0 Å². The second-order valence-electron chi connectivity index (χ2n) is 6.95. The SMILES string of the molecule is CC(C)CNCc1cc(N(C)CC(C)(C)C)ccn1. The van der Waals surface area contributed by atoms with Gasteiger partial charge in [0.05, 0.1) is 5.69 Å². The molecule has 0 radical (unpaired) electrons. The molecule has 19 heavy (non-hydrogen) atoms. The fourth-order valence-electron chi connectivity index (χ4n) is 2.09. The smallest absolute Gasteiger partial charge is 0.0562 e. The van der Waals surface area contributed by atoms with Gasteiger partial charge in [0.15, 0.2) is 0 Å². The van der Waals surface area contributed by atoms with Crippen molar-refractivity contribution >= 4 is 5.69 Å². The van der Waals surface area contributed by atoms with Crippen molar-refractivity contribution in [1.29, 1.82) is 0 Å². The van der Waals surface area contributed by atoms with Crippen LogP contribution in [-0.4, -0.2) is 25.1 Å². The Morgan fingerprint density at radius 3 is 2.58 bits per heavy atom. The first-order chi connectivity index (χ1) is 8.78. The van der Waals surface area contributed by atoms with E-state index < -0.39 is 0 Å². The zero-order chi connectivity index (χ0) is 14.5. The molecule has 3 heteroatoms. The molecule has 0 aromatic carbocycles. The Morgan fingerprint density at radius 1 is 1.32 bits per heavy atom. The Labute approximate surface area is 118 Å².